The lowest BCUT2D eigenvalue weighted by Gasteiger charge is -2.11. The van der Waals surface area contributed by atoms with Crippen molar-refractivity contribution in [3.63, 3.8) is 0 Å². The highest BCUT2D eigenvalue weighted by atomic mass is 16.5. The molecule has 0 amide bonds. The lowest BCUT2D eigenvalue weighted by Crippen LogP contribution is -2.05. The summed E-state index contributed by atoms with van der Waals surface area (Å²) in [5.74, 6) is 2.67. The minimum absolute atomic E-state index is 0.0992. The van der Waals surface area contributed by atoms with Crippen LogP contribution in [0.2, 0.25) is 0 Å². The molecular formula is C22H25N3O3. The zero-order chi connectivity index (χ0) is 19.5. The summed E-state index contributed by atoms with van der Waals surface area (Å²) < 4.78 is 16.8. The topological polar surface area (TPSA) is 83.4 Å². The molecule has 146 valence electrons. The number of nitrogens with two attached hydrogens (primary N) is 1. The van der Waals surface area contributed by atoms with E-state index in [1.165, 1.54) is 11.1 Å². The molecule has 0 spiro atoms. The molecule has 0 radical (unpaired) electrons. The second-order valence-electron chi connectivity index (χ2n) is 6.85. The van der Waals surface area contributed by atoms with Crippen molar-refractivity contribution in [2.45, 2.75) is 39.2 Å². The Balaban J connectivity index is 1.57. The molecule has 0 saturated heterocycles. The third-order valence-corrected chi connectivity index (χ3v) is 4.99. The predicted octanol–water partition coefficient (Wildman–Crippen LogP) is 4.07. The fraction of sp³-hybridized carbons (Fsp3) is 0.364. The molecule has 1 aromatic heterocycles. The predicted molar refractivity (Wildman–Crippen MR) is 107 cm³/mol. The van der Waals surface area contributed by atoms with E-state index in [0.717, 1.165) is 35.5 Å². The van der Waals surface area contributed by atoms with E-state index < -0.39 is 0 Å². The van der Waals surface area contributed by atoms with Crippen molar-refractivity contribution < 1.29 is 14.0 Å². The van der Waals surface area contributed by atoms with Crippen molar-refractivity contribution in [1.29, 1.82) is 0 Å². The number of ether oxygens (including phenoxy) is 2. The first-order valence-electron chi connectivity index (χ1n) is 9.78. The van der Waals surface area contributed by atoms with E-state index in [2.05, 4.69) is 16.2 Å². The summed E-state index contributed by atoms with van der Waals surface area (Å²) in [6.07, 6.45) is 2.45. The number of aromatic nitrogens is 2. The molecule has 3 aromatic rings. The summed E-state index contributed by atoms with van der Waals surface area (Å²) in [6, 6.07) is 12.1. The number of rotatable bonds is 7. The largest absolute Gasteiger partial charge is 0.490 e. The molecule has 0 fully saturated rings. The van der Waals surface area contributed by atoms with Gasteiger partial charge in [-0.25, -0.2) is 0 Å². The van der Waals surface area contributed by atoms with E-state index >= 15 is 0 Å². The lowest BCUT2D eigenvalue weighted by molar-refractivity contribution is 0.287. The fourth-order valence-corrected chi connectivity index (χ4v) is 3.71. The molecule has 2 N–H and O–H groups in total. The smallest absolute Gasteiger partial charge is 0.231 e. The van der Waals surface area contributed by atoms with Crippen molar-refractivity contribution in [3.05, 3.63) is 59.0 Å². The van der Waals surface area contributed by atoms with Gasteiger partial charge in [-0.1, -0.05) is 29.4 Å². The molecule has 6 heteroatoms. The van der Waals surface area contributed by atoms with Crippen molar-refractivity contribution in [2.24, 2.45) is 5.73 Å². The van der Waals surface area contributed by atoms with Gasteiger partial charge >= 0.3 is 0 Å². The van der Waals surface area contributed by atoms with Gasteiger partial charge in [-0.2, -0.15) is 4.98 Å². The minimum Gasteiger partial charge on any atom is -0.490 e. The zero-order valence-corrected chi connectivity index (χ0v) is 16.3. The van der Waals surface area contributed by atoms with Crippen LogP contribution < -0.4 is 15.2 Å². The van der Waals surface area contributed by atoms with Crippen LogP contribution >= 0.6 is 0 Å². The second kappa shape index (κ2) is 8.02. The van der Waals surface area contributed by atoms with E-state index in [4.69, 9.17) is 19.7 Å². The highest BCUT2D eigenvalue weighted by molar-refractivity contribution is 5.63. The molecule has 4 rings (SSSR count). The molecule has 6 nitrogen and oxygen atoms in total. The Labute approximate surface area is 164 Å². The molecular weight excluding hydrogens is 354 g/mol. The highest BCUT2D eigenvalue weighted by Gasteiger charge is 2.24. The van der Waals surface area contributed by atoms with E-state index in [9.17, 15) is 0 Å². The van der Waals surface area contributed by atoms with Crippen LogP contribution in [0.4, 0.5) is 0 Å². The van der Waals surface area contributed by atoms with E-state index in [1.54, 1.807) is 0 Å². The normalized spacial score (nSPS) is 15.5. The summed E-state index contributed by atoms with van der Waals surface area (Å²) in [7, 11) is 0. The second-order valence-corrected chi connectivity index (χ2v) is 6.85. The van der Waals surface area contributed by atoms with E-state index in [-0.39, 0.29) is 6.04 Å². The average Bonchev–Trinajstić information content (AvgIpc) is 3.31. The van der Waals surface area contributed by atoms with Crippen LogP contribution in [0.1, 0.15) is 48.9 Å². The standard InChI is InChI=1S/C22H25N3O3/c1-3-26-19-11-8-14(12-20(19)27-4-2)13-21-24-22(25-28-21)17-7-5-6-16-15(17)9-10-18(16)23/h5-8,11-12,18H,3-4,9-10,13,23H2,1-2H3/t18-/m1/s1. The first-order valence-corrected chi connectivity index (χ1v) is 9.78. The number of hydrogen-bond acceptors (Lipinski definition) is 6. The maximum Gasteiger partial charge on any atom is 0.231 e. The Morgan fingerprint density at radius 2 is 1.93 bits per heavy atom. The summed E-state index contributed by atoms with van der Waals surface area (Å²) in [5.41, 5.74) is 10.7. The Morgan fingerprint density at radius 1 is 1.11 bits per heavy atom. The van der Waals surface area contributed by atoms with Crippen molar-refractivity contribution in [1.82, 2.24) is 10.1 Å². The molecule has 0 bridgehead atoms. The Hall–Kier alpha value is -2.86. The number of hydrogen-bond donors (Lipinski definition) is 1. The Kier molecular flexibility index (Phi) is 5.30. The fourth-order valence-electron chi connectivity index (χ4n) is 3.71. The molecule has 0 saturated carbocycles. The van der Waals surface area contributed by atoms with Gasteiger partial charge in [-0.05, 0) is 55.5 Å². The van der Waals surface area contributed by atoms with Crippen molar-refractivity contribution in [3.8, 4) is 22.9 Å². The van der Waals surface area contributed by atoms with E-state index in [1.807, 2.05) is 44.2 Å². The molecule has 28 heavy (non-hydrogen) atoms. The first kappa shape index (κ1) is 18.5. The van der Waals surface area contributed by atoms with Gasteiger partial charge in [0.15, 0.2) is 11.5 Å². The monoisotopic (exact) mass is 379 g/mol. The third kappa shape index (κ3) is 3.60. The Morgan fingerprint density at radius 3 is 2.75 bits per heavy atom. The number of fused-ring (bicyclic) bond motifs is 1. The molecule has 0 aliphatic heterocycles. The van der Waals surface area contributed by atoms with Gasteiger partial charge in [0.1, 0.15) is 0 Å². The Bertz CT molecular complexity index is 967. The molecule has 1 aliphatic carbocycles. The van der Waals surface area contributed by atoms with Crippen molar-refractivity contribution in [2.75, 3.05) is 13.2 Å². The first-order chi connectivity index (χ1) is 13.7. The summed E-state index contributed by atoms with van der Waals surface area (Å²) in [5, 5.41) is 4.21. The maximum absolute atomic E-state index is 6.19. The van der Waals surface area contributed by atoms with Crippen LogP contribution in [0, 0.1) is 0 Å². The van der Waals surface area contributed by atoms with Gasteiger partial charge in [0, 0.05) is 11.6 Å². The van der Waals surface area contributed by atoms with Crippen LogP contribution in [0.5, 0.6) is 11.5 Å². The van der Waals surface area contributed by atoms with Gasteiger partial charge in [0.05, 0.1) is 19.6 Å². The summed E-state index contributed by atoms with van der Waals surface area (Å²) >= 11 is 0. The molecule has 2 aromatic carbocycles. The van der Waals surface area contributed by atoms with Crippen LogP contribution in [-0.4, -0.2) is 23.4 Å². The third-order valence-electron chi connectivity index (χ3n) is 4.99. The molecule has 1 heterocycles. The number of nitrogens with zero attached hydrogens (tertiary/aromatic N) is 2. The highest BCUT2D eigenvalue weighted by Crippen LogP contribution is 2.35. The van der Waals surface area contributed by atoms with Gasteiger partial charge in [-0.3, -0.25) is 0 Å². The quantitative estimate of drug-likeness (QED) is 0.666. The van der Waals surface area contributed by atoms with Crippen LogP contribution in [0.15, 0.2) is 40.9 Å². The minimum atomic E-state index is 0.0992. The number of benzene rings is 2. The van der Waals surface area contributed by atoms with Crippen LogP contribution in [-0.2, 0) is 12.8 Å². The van der Waals surface area contributed by atoms with E-state index in [0.29, 0.717) is 31.3 Å². The van der Waals surface area contributed by atoms with Crippen LogP contribution in [0.3, 0.4) is 0 Å². The lowest BCUT2D eigenvalue weighted by atomic mass is 10.0. The van der Waals surface area contributed by atoms with Crippen molar-refractivity contribution >= 4 is 0 Å². The molecule has 0 unspecified atom stereocenters. The average molecular weight is 379 g/mol. The molecule has 1 atom stereocenters. The zero-order valence-electron chi connectivity index (χ0n) is 16.3. The SMILES string of the molecule is CCOc1ccc(Cc2nc(-c3cccc4c3CC[C@H]4N)no2)cc1OCC. The summed E-state index contributed by atoms with van der Waals surface area (Å²) in [6.45, 7) is 5.08. The molecule has 1 aliphatic rings. The maximum atomic E-state index is 6.19. The van der Waals surface area contributed by atoms with Crippen LogP contribution in [0.25, 0.3) is 11.4 Å². The van der Waals surface area contributed by atoms with Gasteiger partial charge < -0.3 is 19.7 Å². The van der Waals surface area contributed by atoms with Gasteiger partial charge in [0.25, 0.3) is 0 Å². The summed E-state index contributed by atoms with van der Waals surface area (Å²) in [4.78, 5) is 4.62. The van der Waals surface area contributed by atoms with Gasteiger partial charge in [0.2, 0.25) is 11.7 Å². The van der Waals surface area contributed by atoms with Gasteiger partial charge in [-0.15, -0.1) is 0 Å².